The summed E-state index contributed by atoms with van der Waals surface area (Å²) >= 11 is 1.38. The third-order valence-electron chi connectivity index (χ3n) is 3.14. The van der Waals surface area contributed by atoms with Crippen molar-refractivity contribution in [1.82, 2.24) is 4.98 Å². The highest BCUT2D eigenvalue weighted by molar-refractivity contribution is 7.13. The van der Waals surface area contributed by atoms with Gasteiger partial charge >= 0.3 is 6.18 Å². The highest BCUT2D eigenvalue weighted by Crippen LogP contribution is 2.31. The summed E-state index contributed by atoms with van der Waals surface area (Å²) < 4.78 is 43.3. The molecule has 0 fully saturated rings. The monoisotopic (exact) mass is 335 g/mol. The molecule has 0 bridgehead atoms. The summed E-state index contributed by atoms with van der Waals surface area (Å²) in [5, 5.41) is 2.51. The Morgan fingerprint density at radius 1 is 0.957 bits per heavy atom. The van der Waals surface area contributed by atoms with E-state index in [0.717, 1.165) is 23.6 Å². The first-order valence-corrected chi connectivity index (χ1v) is 7.70. The van der Waals surface area contributed by atoms with Gasteiger partial charge in [0.25, 0.3) is 0 Å². The topological polar surface area (TPSA) is 22.1 Å². The minimum Gasteiger partial charge on any atom is -0.487 e. The molecule has 0 saturated heterocycles. The highest BCUT2D eigenvalue weighted by Gasteiger charge is 2.30. The van der Waals surface area contributed by atoms with E-state index in [-0.39, 0.29) is 0 Å². The van der Waals surface area contributed by atoms with Gasteiger partial charge in [-0.05, 0) is 24.3 Å². The minimum atomic E-state index is -4.32. The summed E-state index contributed by atoms with van der Waals surface area (Å²) in [7, 11) is 0. The summed E-state index contributed by atoms with van der Waals surface area (Å²) in [6.45, 7) is 0.321. The van der Waals surface area contributed by atoms with Crippen LogP contribution in [-0.4, -0.2) is 4.98 Å². The Bertz CT molecular complexity index is 767. The van der Waals surface area contributed by atoms with Gasteiger partial charge in [-0.2, -0.15) is 13.2 Å². The second-order valence-electron chi connectivity index (χ2n) is 4.82. The largest absolute Gasteiger partial charge is 0.487 e. The fourth-order valence-electron chi connectivity index (χ4n) is 1.98. The molecular formula is C17H12F3NOS. The average molecular weight is 335 g/mol. The van der Waals surface area contributed by atoms with Crippen molar-refractivity contribution in [3.8, 4) is 16.3 Å². The molecule has 0 radical (unpaired) electrons. The van der Waals surface area contributed by atoms with Crippen LogP contribution in [0.4, 0.5) is 13.2 Å². The Hall–Kier alpha value is -2.34. The van der Waals surface area contributed by atoms with E-state index in [4.69, 9.17) is 4.74 Å². The molecule has 0 unspecified atom stereocenters. The van der Waals surface area contributed by atoms with E-state index >= 15 is 0 Å². The molecule has 3 aromatic rings. The number of halogens is 3. The van der Waals surface area contributed by atoms with Crippen LogP contribution in [0.2, 0.25) is 0 Å². The maximum absolute atomic E-state index is 12.6. The summed E-state index contributed by atoms with van der Waals surface area (Å²) in [5.74, 6) is 0.747. The molecule has 0 aliphatic carbocycles. The van der Waals surface area contributed by atoms with Gasteiger partial charge in [0.05, 0.1) is 11.3 Å². The molecule has 118 valence electrons. The molecule has 0 spiro atoms. The molecule has 2 aromatic carbocycles. The molecule has 1 heterocycles. The predicted octanol–water partition coefficient (Wildman–Crippen LogP) is 5.41. The molecule has 3 rings (SSSR count). The lowest BCUT2D eigenvalue weighted by Crippen LogP contribution is -2.03. The van der Waals surface area contributed by atoms with Crippen LogP contribution >= 0.6 is 11.3 Å². The molecule has 0 aliphatic heterocycles. The van der Waals surface area contributed by atoms with Crippen molar-refractivity contribution in [1.29, 1.82) is 0 Å². The van der Waals surface area contributed by atoms with Gasteiger partial charge in [-0.25, -0.2) is 4.98 Å². The van der Waals surface area contributed by atoms with Crippen LogP contribution in [0, 0.1) is 0 Å². The minimum absolute atomic E-state index is 0.321. The summed E-state index contributed by atoms with van der Waals surface area (Å²) in [6, 6.07) is 14.4. The highest BCUT2D eigenvalue weighted by atomic mass is 32.1. The maximum Gasteiger partial charge on any atom is 0.416 e. The van der Waals surface area contributed by atoms with Crippen LogP contribution in [0.1, 0.15) is 11.3 Å². The standard InChI is InChI=1S/C17H12F3NOS/c18-17(19,20)13-8-6-12(7-9-13)16-21-14(11-23-16)10-22-15-4-2-1-3-5-15/h1-9,11H,10H2. The fraction of sp³-hybridized carbons (Fsp3) is 0.118. The van der Waals surface area contributed by atoms with Crippen molar-refractivity contribution >= 4 is 11.3 Å². The lowest BCUT2D eigenvalue weighted by atomic mass is 10.1. The number of aromatic nitrogens is 1. The Labute approximate surface area is 135 Å². The molecule has 0 aliphatic rings. The number of benzene rings is 2. The quantitative estimate of drug-likeness (QED) is 0.636. The van der Waals surface area contributed by atoms with E-state index in [2.05, 4.69) is 4.98 Å². The van der Waals surface area contributed by atoms with Gasteiger partial charge in [-0.15, -0.1) is 11.3 Å². The van der Waals surface area contributed by atoms with E-state index in [0.29, 0.717) is 17.2 Å². The normalized spacial score (nSPS) is 11.4. The summed E-state index contributed by atoms with van der Waals surface area (Å²) in [4.78, 5) is 4.40. The van der Waals surface area contributed by atoms with E-state index in [1.807, 2.05) is 35.7 Å². The number of alkyl halides is 3. The zero-order valence-electron chi connectivity index (χ0n) is 11.9. The second-order valence-corrected chi connectivity index (χ2v) is 5.68. The third kappa shape index (κ3) is 3.90. The van der Waals surface area contributed by atoms with Crippen molar-refractivity contribution < 1.29 is 17.9 Å². The number of hydrogen-bond acceptors (Lipinski definition) is 3. The SMILES string of the molecule is FC(F)(F)c1ccc(-c2nc(COc3ccccc3)cs2)cc1. The fourth-order valence-corrected chi connectivity index (χ4v) is 2.79. The lowest BCUT2D eigenvalue weighted by Gasteiger charge is -2.06. The summed E-state index contributed by atoms with van der Waals surface area (Å²) in [5.41, 5.74) is 0.744. The summed E-state index contributed by atoms with van der Waals surface area (Å²) in [6.07, 6.45) is -4.32. The van der Waals surface area contributed by atoms with E-state index in [9.17, 15) is 13.2 Å². The van der Waals surface area contributed by atoms with Crippen molar-refractivity contribution in [3.63, 3.8) is 0 Å². The van der Waals surface area contributed by atoms with Crippen molar-refractivity contribution in [2.45, 2.75) is 12.8 Å². The molecule has 2 nitrogen and oxygen atoms in total. The van der Waals surface area contributed by atoms with Crippen LogP contribution < -0.4 is 4.74 Å². The molecule has 0 atom stereocenters. The Kier molecular flexibility index (Phi) is 4.34. The Balaban J connectivity index is 1.69. The number of hydrogen-bond donors (Lipinski definition) is 0. The first kappa shape index (κ1) is 15.6. The van der Waals surface area contributed by atoms with E-state index < -0.39 is 11.7 Å². The average Bonchev–Trinajstić information content (AvgIpc) is 3.02. The van der Waals surface area contributed by atoms with Crippen molar-refractivity contribution in [2.75, 3.05) is 0 Å². The van der Waals surface area contributed by atoms with E-state index in [1.54, 1.807) is 0 Å². The molecule has 6 heteroatoms. The van der Waals surface area contributed by atoms with Gasteiger partial charge < -0.3 is 4.74 Å². The molecule has 0 N–H and O–H groups in total. The van der Waals surface area contributed by atoms with Gasteiger partial charge in [0.2, 0.25) is 0 Å². The van der Waals surface area contributed by atoms with Gasteiger partial charge in [0.1, 0.15) is 17.4 Å². The first-order chi connectivity index (χ1) is 11.0. The van der Waals surface area contributed by atoms with Gasteiger partial charge in [0.15, 0.2) is 0 Å². The zero-order chi connectivity index (χ0) is 16.3. The van der Waals surface area contributed by atoms with Crippen molar-refractivity contribution in [2.24, 2.45) is 0 Å². The van der Waals surface area contributed by atoms with Crippen LogP contribution in [0.5, 0.6) is 5.75 Å². The maximum atomic E-state index is 12.6. The van der Waals surface area contributed by atoms with Crippen molar-refractivity contribution in [3.05, 3.63) is 71.2 Å². The number of ether oxygens (including phenoxy) is 1. The molecule has 0 amide bonds. The molecule has 0 saturated carbocycles. The van der Waals surface area contributed by atoms with Crippen LogP contribution in [-0.2, 0) is 12.8 Å². The van der Waals surface area contributed by atoms with Gasteiger partial charge in [-0.3, -0.25) is 0 Å². The zero-order valence-corrected chi connectivity index (χ0v) is 12.7. The number of rotatable bonds is 4. The number of thiazole rings is 1. The Morgan fingerprint density at radius 2 is 1.65 bits per heavy atom. The Morgan fingerprint density at radius 3 is 2.30 bits per heavy atom. The van der Waals surface area contributed by atoms with Crippen LogP contribution in [0.3, 0.4) is 0 Å². The molecule has 1 aromatic heterocycles. The molecular weight excluding hydrogens is 323 g/mol. The second kappa shape index (κ2) is 6.42. The third-order valence-corrected chi connectivity index (χ3v) is 4.08. The van der Waals surface area contributed by atoms with E-state index in [1.165, 1.54) is 23.5 Å². The van der Waals surface area contributed by atoms with Crippen LogP contribution in [0.15, 0.2) is 60.0 Å². The number of para-hydroxylation sites is 1. The number of nitrogens with zero attached hydrogens (tertiary/aromatic N) is 1. The van der Waals surface area contributed by atoms with Gasteiger partial charge in [0, 0.05) is 10.9 Å². The predicted molar refractivity (Wildman–Crippen MR) is 83.3 cm³/mol. The lowest BCUT2D eigenvalue weighted by molar-refractivity contribution is -0.137. The van der Waals surface area contributed by atoms with Crippen LogP contribution in [0.25, 0.3) is 10.6 Å². The first-order valence-electron chi connectivity index (χ1n) is 6.82. The van der Waals surface area contributed by atoms with Gasteiger partial charge in [-0.1, -0.05) is 30.3 Å². The molecule has 23 heavy (non-hydrogen) atoms. The smallest absolute Gasteiger partial charge is 0.416 e.